The number of nitrogens with two attached hydrogens (primary N) is 1. The molecule has 92 valence electrons. The molecule has 7 nitrogen and oxygen atoms in total. The van der Waals surface area contributed by atoms with E-state index in [-0.39, 0.29) is 5.96 Å². The van der Waals surface area contributed by atoms with Crippen LogP contribution in [0.2, 0.25) is 0 Å². The minimum absolute atomic E-state index is 0.131. The van der Waals surface area contributed by atoms with Crippen LogP contribution in [0.5, 0.6) is 0 Å². The topological polar surface area (TPSA) is 95.1 Å². The second kappa shape index (κ2) is 5.46. The Morgan fingerprint density at radius 2 is 2.41 bits per heavy atom. The largest absolute Gasteiger partial charge is 0.292 e. The van der Waals surface area contributed by atoms with Crippen LogP contribution in [-0.2, 0) is 4.79 Å². The Hall–Kier alpha value is -1.86. The molecule has 0 atom stereocenters. The van der Waals surface area contributed by atoms with E-state index in [2.05, 4.69) is 27.4 Å². The average molecular weight is 257 g/mol. The molecule has 0 unspecified atom stereocenters. The van der Waals surface area contributed by atoms with Gasteiger partial charge in [0.25, 0.3) is 0 Å². The molecule has 0 aliphatic carbocycles. The van der Waals surface area contributed by atoms with Crippen molar-refractivity contribution in [3.63, 3.8) is 0 Å². The lowest BCUT2D eigenvalue weighted by Crippen LogP contribution is -2.44. The Bertz CT molecular complexity index is 439. The fourth-order valence-electron chi connectivity index (χ4n) is 0.993. The van der Waals surface area contributed by atoms with Crippen molar-refractivity contribution >= 4 is 29.2 Å². The van der Waals surface area contributed by atoms with Crippen LogP contribution in [0.4, 0.5) is 0 Å². The monoisotopic (exact) mass is 256 g/mol. The van der Waals surface area contributed by atoms with Crippen molar-refractivity contribution in [2.24, 2.45) is 15.9 Å². The molecule has 0 aromatic heterocycles. The molecule has 0 aromatic carbocycles. The van der Waals surface area contributed by atoms with Gasteiger partial charge in [0, 0.05) is 7.05 Å². The molecule has 1 rings (SSSR count). The summed E-state index contributed by atoms with van der Waals surface area (Å²) in [4.78, 5) is 15.0. The molecule has 17 heavy (non-hydrogen) atoms. The Balaban J connectivity index is 2.88. The number of hydrazone groups is 1. The Labute approximate surface area is 104 Å². The normalized spacial score (nSPS) is 18.5. The average Bonchev–Trinajstić information content (AvgIpc) is 2.69. The van der Waals surface area contributed by atoms with Gasteiger partial charge in [0.15, 0.2) is 5.82 Å². The summed E-state index contributed by atoms with van der Waals surface area (Å²) in [5.41, 5.74) is 3.20. The van der Waals surface area contributed by atoms with Crippen molar-refractivity contribution in [1.29, 1.82) is 0 Å². The number of aliphatic imine (C=N–C) groups is 1. The van der Waals surface area contributed by atoms with Gasteiger partial charge < -0.3 is 0 Å². The summed E-state index contributed by atoms with van der Waals surface area (Å²) >= 11 is 6.03. The number of amides is 1. The van der Waals surface area contributed by atoms with E-state index in [1.54, 1.807) is 14.0 Å². The van der Waals surface area contributed by atoms with Crippen molar-refractivity contribution in [3.05, 3.63) is 23.5 Å². The highest BCUT2D eigenvalue weighted by Crippen LogP contribution is 2.14. The number of hydrogen-bond donors (Lipinski definition) is 3. The van der Waals surface area contributed by atoms with Gasteiger partial charge in [-0.15, -0.1) is 5.10 Å². The molecule has 1 amide bonds. The standard InChI is InChI=1S/C9H13ClN6O/c1-4-6(17)13-9-15-14-8(16(9)11)7(10)5(2)12-3/h4,14H,1,11H2,2-3H3,(H,13,15,17)/b8-7-,12-5-. The molecular weight excluding hydrogens is 244 g/mol. The van der Waals surface area contributed by atoms with E-state index in [4.69, 9.17) is 17.4 Å². The van der Waals surface area contributed by atoms with Gasteiger partial charge in [0.1, 0.15) is 5.03 Å². The third kappa shape index (κ3) is 2.83. The second-order valence-electron chi connectivity index (χ2n) is 3.08. The molecule has 1 aliphatic rings. The molecule has 0 fully saturated rings. The smallest absolute Gasteiger partial charge is 0.250 e. The summed E-state index contributed by atoms with van der Waals surface area (Å²) < 4.78 is 0. The second-order valence-corrected chi connectivity index (χ2v) is 3.46. The van der Waals surface area contributed by atoms with Gasteiger partial charge in [-0.05, 0) is 13.0 Å². The maximum Gasteiger partial charge on any atom is 0.250 e. The fraction of sp³-hybridized carbons (Fsp3) is 0.222. The van der Waals surface area contributed by atoms with Crippen molar-refractivity contribution < 1.29 is 4.79 Å². The predicted molar refractivity (Wildman–Crippen MR) is 66.8 cm³/mol. The number of hydrazine groups is 1. The first kappa shape index (κ1) is 13.2. The number of halogens is 1. The quantitative estimate of drug-likeness (QED) is 0.363. The molecule has 8 heteroatoms. The van der Waals surface area contributed by atoms with Gasteiger partial charge in [-0.25, -0.2) is 10.9 Å². The SMILES string of the molecule is C=CC(=O)NC1=NN/C(=C(Cl)\C(C)=N/C)N1N. The van der Waals surface area contributed by atoms with Crippen molar-refractivity contribution in [3.8, 4) is 0 Å². The van der Waals surface area contributed by atoms with E-state index in [0.29, 0.717) is 16.6 Å². The van der Waals surface area contributed by atoms with Gasteiger partial charge in [-0.3, -0.25) is 20.5 Å². The van der Waals surface area contributed by atoms with Gasteiger partial charge in [0.2, 0.25) is 11.9 Å². The lowest BCUT2D eigenvalue weighted by atomic mass is 10.4. The summed E-state index contributed by atoms with van der Waals surface area (Å²) in [6.45, 7) is 5.05. The molecule has 0 aromatic rings. The summed E-state index contributed by atoms with van der Waals surface area (Å²) in [5.74, 6) is 5.77. The molecule has 0 bridgehead atoms. The molecule has 1 heterocycles. The Kier molecular flexibility index (Phi) is 4.24. The molecule has 0 saturated carbocycles. The van der Waals surface area contributed by atoms with Crippen LogP contribution < -0.4 is 16.6 Å². The third-order valence-corrected chi connectivity index (χ3v) is 2.47. The Morgan fingerprint density at radius 1 is 1.76 bits per heavy atom. The summed E-state index contributed by atoms with van der Waals surface area (Å²) in [6.07, 6.45) is 1.11. The zero-order valence-corrected chi connectivity index (χ0v) is 10.2. The maximum absolute atomic E-state index is 11.1. The number of rotatable bonds is 2. The van der Waals surface area contributed by atoms with E-state index in [1.807, 2.05) is 0 Å². The number of carbonyl (C=O) groups excluding carboxylic acids is 1. The lowest BCUT2D eigenvalue weighted by molar-refractivity contribution is -0.115. The zero-order chi connectivity index (χ0) is 13.0. The van der Waals surface area contributed by atoms with E-state index in [1.165, 1.54) is 0 Å². The number of nitrogens with zero attached hydrogens (tertiary/aromatic N) is 3. The van der Waals surface area contributed by atoms with Crippen molar-refractivity contribution in [1.82, 2.24) is 15.8 Å². The minimum Gasteiger partial charge on any atom is -0.292 e. The van der Waals surface area contributed by atoms with Crippen LogP contribution in [0.3, 0.4) is 0 Å². The molecule has 0 spiro atoms. The number of nitrogens with one attached hydrogen (secondary N) is 2. The lowest BCUT2D eigenvalue weighted by Gasteiger charge is -2.15. The van der Waals surface area contributed by atoms with E-state index >= 15 is 0 Å². The first-order chi connectivity index (χ1) is 8.01. The molecular formula is C9H13ClN6O. The van der Waals surface area contributed by atoms with Crippen LogP contribution in [0.25, 0.3) is 0 Å². The number of guanidine groups is 1. The third-order valence-electron chi connectivity index (χ3n) is 2.02. The molecule has 0 saturated heterocycles. The van der Waals surface area contributed by atoms with Crippen LogP contribution in [0, 0.1) is 0 Å². The first-order valence-electron chi connectivity index (χ1n) is 4.66. The Morgan fingerprint density at radius 3 is 2.94 bits per heavy atom. The highest BCUT2D eigenvalue weighted by molar-refractivity contribution is 6.43. The molecule has 1 aliphatic heterocycles. The maximum atomic E-state index is 11.1. The first-order valence-corrected chi connectivity index (χ1v) is 5.04. The van der Waals surface area contributed by atoms with Crippen LogP contribution >= 0.6 is 11.6 Å². The van der Waals surface area contributed by atoms with Gasteiger partial charge in [-0.2, -0.15) is 0 Å². The van der Waals surface area contributed by atoms with E-state index in [0.717, 1.165) is 11.1 Å². The fourth-order valence-corrected chi connectivity index (χ4v) is 1.21. The molecule has 0 radical (unpaired) electrons. The van der Waals surface area contributed by atoms with Crippen LogP contribution in [-0.4, -0.2) is 29.6 Å². The molecule has 4 N–H and O–H groups in total. The van der Waals surface area contributed by atoms with Crippen molar-refractivity contribution in [2.75, 3.05) is 7.05 Å². The van der Waals surface area contributed by atoms with Crippen LogP contribution in [0.15, 0.2) is 33.6 Å². The van der Waals surface area contributed by atoms with E-state index in [9.17, 15) is 4.79 Å². The summed E-state index contributed by atoms with van der Waals surface area (Å²) in [5, 5.41) is 7.68. The number of carbonyl (C=O) groups is 1. The van der Waals surface area contributed by atoms with Crippen LogP contribution in [0.1, 0.15) is 6.92 Å². The minimum atomic E-state index is -0.417. The number of hydrogen-bond acceptors (Lipinski definition) is 6. The van der Waals surface area contributed by atoms with Gasteiger partial charge >= 0.3 is 0 Å². The summed E-state index contributed by atoms with van der Waals surface area (Å²) in [7, 11) is 1.61. The van der Waals surface area contributed by atoms with E-state index < -0.39 is 5.91 Å². The predicted octanol–water partition coefficient (Wildman–Crippen LogP) is -0.163. The highest BCUT2D eigenvalue weighted by atomic mass is 35.5. The number of allylic oxidation sites excluding steroid dienone is 1. The van der Waals surface area contributed by atoms with Gasteiger partial charge in [-0.1, -0.05) is 18.2 Å². The van der Waals surface area contributed by atoms with Crippen molar-refractivity contribution in [2.45, 2.75) is 6.92 Å². The zero-order valence-electron chi connectivity index (χ0n) is 9.49. The summed E-state index contributed by atoms with van der Waals surface area (Å²) in [6, 6.07) is 0. The highest BCUT2D eigenvalue weighted by Gasteiger charge is 2.24. The van der Waals surface area contributed by atoms with Gasteiger partial charge in [0.05, 0.1) is 5.71 Å².